The Balaban J connectivity index is 2.23. The third-order valence-corrected chi connectivity index (χ3v) is 4.49. The number of carbonyl (C=O) groups is 2. The van der Waals surface area contributed by atoms with Crippen LogP contribution in [0.3, 0.4) is 0 Å². The topological polar surface area (TPSA) is 71.1 Å². The summed E-state index contributed by atoms with van der Waals surface area (Å²) in [6.07, 6.45) is 0.369. The molecule has 2 aromatic rings. The molecule has 0 aromatic heterocycles. The Labute approximate surface area is 172 Å². The van der Waals surface area contributed by atoms with Crippen LogP contribution in [0.1, 0.15) is 25.0 Å². The van der Waals surface area contributed by atoms with Gasteiger partial charge in [-0.1, -0.05) is 23.2 Å². The zero-order chi connectivity index (χ0) is 20.3. The maximum Gasteiger partial charge on any atom is 0.453 e. The molecule has 0 atom stereocenters. The first kappa shape index (κ1) is 20.3. The first-order valence-electron chi connectivity index (χ1n) is 8.69. The van der Waals surface area contributed by atoms with Gasteiger partial charge < -0.3 is 18.9 Å². The number of carbonyl (C=O) groups excluding carboxylic acids is 2. The molecule has 1 heterocycles. The summed E-state index contributed by atoms with van der Waals surface area (Å²) in [7, 11) is 0. The van der Waals surface area contributed by atoms with Gasteiger partial charge >= 0.3 is 17.7 Å². The summed E-state index contributed by atoms with van der Waals surface area (Å²) in [6.45, 7) is 3.27. The lowest BCUT2D eigenvalue weighted by atomic mass is 10.0. The molecule has 0 aliphatic carbocycles. The zero-order valence-corrected chi connectivity index (χ0v) is 16.8. The maximum absolute atomic E-state index is 12.8. The molecule has 0 unspecified atom stereocenters. The predicted octanol–water partition coefficient (Wildman–Crippen LogP) is 4.18. The molecule has 1 aliphatic heterocycles. The Morgan fingerprint density at radius 3 is 1.71 bits per heavy atom. The van der Waals surface area contributed by atoms with Gasteiger partial charge in [-0.2, -0.15) is 0 Å². The average Bonchev–Trinajstić information content (AvgIpc) is 2.64. The van der Waals surface area contributed by atoms with Crippen molar-refractivity contribution in [3.05, 3.63) is 57.6 Å². The highest BCUT2D eigenvalue weighted by Gasteiger charge is 2.57. The van der Waals surface area contributed by atoms with Crippen molar-refractivity contribution in [2.24, 2.45) is 0 Å². The molecule has 0 spiro atoms. The molecule has 0 bridgehead atoms. The highest BCUT2D eigenvalue weighted by atomic mass is 35.5. The van der Waals surface area contributed by atoms with Crippen LogP contribution in [0.4, 0.5) is 0 Å². The molecule has 6 nitrogen and oxygen atoms in total. The average molecular weight is 425 g/mol. The lowest BCUT2D eigenvalue weighted by Crippen LogP contribution is -2.58. The van der Waals surface area contributed by atoms with Gasteiger partial charge in [-0.25, -0.2) is 9.59 Å². The predicted molar refractivity (Wildman–Crippen MR) is 103 cm³/mol. The van der Waals surface area contributed by atoms with E-state index < -0.39 is 17.7 Å². The highest BCUT2D eigenvalue weighted by Crippen LogP contribution is 2.37. The minimum atomic E-state index is -2.46. The van der Waals surface area contributed by atoms with E-state index in [-0.39, 0.29) is 24.7 Å². The minimum Gasteiger partial charge on any atom is -0.460 e. The fourth-order valence-corrected chi connectivity index (χ4v) is 3.20. The fourth-order valence-electron chi connectivity index (χ4n) is 2.81. The van der Waals surface area contributed by atoms with Crippen LogP contribution >= 0.6 is 23.2 Å². The zero-order valence-electron chi connectivity index (χ0n) is 15.3. The number of hydrogen-bond acceptors (Lipinski definition) is 6. The SMILES string of the molecule is CCOC(=O)C1(C(=O)OCC)Oc2ccc(Cl)cc2Cc2cc(Cl)ccc2O1. The number of fused-ring (bicyclic) bond motifs is 2. The van der Waals surface area contributed by atoms with E-state index in [9.17, 15) is 9.59 Å². The summed E-state index contributed by atoms with van der Waals surface area (Å²) in [4.78, 5) is 25.7. The Hall–Kier alpha value is -2.44. The maximum atomic E-state index is 12.8. The molecule has 1 aliphatic rings. The first-order chi connectivity index (χ1) is 13.4. The third kappa shape index (κ3) is 3.88. The van der Waals surface area contributed by atoms with Crippen LogP contribution in [0.2, 0.25) is 10.0 Å². The Kier molecular flexibility index (Phi) is 6.01. The molecule has 2 aromatic carbocycles. The van der Waals surface area contributed by atoms with Crippen molar-refractivity contribution >= 4 is 35.1 Å². The summed E-state index contributed by atoms with van der Waals surface area (Å²) in [5.74, 6) is -4.00. The molecule has 0 radical (unpaired) electrons. The largest absolute Gasteiger partial charge is 0.460 e. The van der Waals surface area contributed by atoms with E-state index in [0.717, 1.165) is 0 Å². The van der Waals surface area contributed by atoms with Gasteiger partial charge in [0, 0.05) is 27.6 Å². The van der Waals surface area contributed by atoms with E-state index >= 15 is 0 Å². The molecular formula is C20H18Cl2O6. The number of benzene rings is 2. The second-order valence-electron chi connectivity index (χ2n) is 5.94. The third-order valence-electron chi connectivity index (χ3n) is 4.02. The van der Waals surface area contributed by atoms with Gasteiger partial charge in [0.05, 0.1) is 13.2 Å². The van der Waals surface area contributed by atoms with Gasteiger partial charge in [-0.15, -0.1) is 0 Å². The van der Waals surface area contributed by atoms with Gasteiger partial charge in [-0.3, -0.25) is 0 Å². The molecule has 148 valence electrons. The fraction of sp³-hybridized carbons (Fsp3) is 0.300. The highest BCUT2D eigenvalue weighted by molar-refractivity contribution is 6.31. The van der Waals surface area contributed by atoms with Crippen molar-refractivity contribution < 1.29 is 28.5 Å². The first-order valence-corrected chi connectivity index (χ1v) is 9.44. The van der Waals surface area contributed by atoms with Crippen LogP contribution in [-0.2, 0) is 25.5 Å². The molecule has 0 saturated heterocycles. The summed E-state index contributed by atoms with van der Waals surface area (Å²) in [5.41, 5.74) is 1.30. The molecule has 3 rings (SSSR count). The van der Waals surface area contributed by atoms with Crippen molar-refractivity contribution in [1.29, 1.82) is 0 Å². The molecule has 28 heavy (non-hydrogen) atoms. The van der Waals surface area contributed by atoms with Crippen molar-refractivity contribution in [2.75, 3.05) is 13.2 Å². The van der Waals surface area contributed by atoms with Gasteiger partial charge in [-0.05, 0) is 50.2 Å². The smallest absolute Gasteiger partial charge is 0.453 e. The number of ether oxygens (including phenoxy) is 4. The Morgan fingerprint density at radius 2 is 1.32 bits per heavy atom. The van der Waals surface area contributed by atoms with Crippen LogP contribution in [0.15, 0.2) is 36.4 Å². The lowest BCUT2D eigenvalue weighted by Gasteiger charge is -2.33. The normalized spacial score (nSPS) is 14.3. The van der Waals surface area contributed by atoms with E-state index in [1.54, 1.807) is 50.2 Å². The van der Waals surface area contributed by atoms with E-state index in [2.05, 4.69) is 0 Å². The monoisotopic (exact) mass is 424 g/mol. The van der Waals surface area contributed by atoms with Crippen LogP contribution < -0.4 is 9.47 Å². The van der Waals surface area contributed by atoms with Crippen molar-refractivity contribution in [3.8, 4) is 11.5 Å². The number of halogens is 2. The Morgan fingerprint density at radius 1 is 0.893 bits per heavy atom. The van der Waals surface area contributed by atoms with Crippen LogP contribution in [0.25, 0.3) is 0 Å². The molecule has 0 N–H and O–H groups in total. The summed E-state index contributed by atoms with van der Waals surface area (Å²) in [5, 5.41) is 0.954. The van der Waals surface area contributed by atoms with E-state index in [1.807, 2.05) is 0 Å². The summed E-state index contributed by atoms with van der Waals surface area (Å²) < 4.78 is 21.8. The van der Waals surface area contributed by atoms with E-state index in [4.69, 9.17) is 42.1 Å². The molecular weight excluding hydrogens is 407 g/mol. The second-order valence-corrected chi connectivity index (χ2v) is 6.82. The van der Waals surface area contributed by atoms with Crippen LogP contribution in [-0.4, -0.2) is 30.9 Å². The quantitative estimate of drug-likeness (QED) is 0.541. The van der Waals surface area contributed by atoms with E-state index in [1.165, 1.54) is 0 Å². The van der Waals surface area contributed by atoms with Gasteiger partial charge in [0.1, 0.15) is 11.5 Å². The van der Waals surface area contributed by atoms with Crippen molar-refractivity contribution in [2.45, 2.75) is 26.1 Å². The summed E-state index contributed by atoms with van der Waals surface area (Å²) >= 11 is 12.3. The lowest BCUT2D eigenvalue weighted by molar-refractivity contribution is -0.209. The van der Waals surface area contributed by atoms with Gasteiger partial charge in [0.15, 0.2) is 0 Å². The van der Waals surface area contributed by atoms with Gasteiger partial charge in [0.2, 0.25) is 0 Å². The van der Waals surface area contributed by atoms with Crippen LogP contribution in [0.5, 0.6) is 11.5 Å². The minimum absolute atomic E-state index is 0.0215. The standard InChI is InChI=1S/C20H18Cl2O6/c1-3-25-18(23)20(19(24)26-4-2)27-16-7-5-14(21)10-12(16)9-13-11-15(22)6-8-17(13)28-20/h5-8,10-11H,3-4,9H2,1-2H3. The molecule has 0 saturated carbocycles. The van der Waals surface area contributed by atoms with Crippen LogP contribution in [0, 0.1) is 0 Å². The molecule has 0 amide bonds. The number of rotatable bonds is 4. The number of esters is 2. The molecule has 8 heteroatoms. The van der Waals surface area contributed by atoms with Crippen molar-refractivity contribution in [1.82, 2.24) is 0 Å². The Bertz CT molecular complexity index is 838. The van der Waals surface area contributed by atoms with Crippen molar-refractivity contribution in [3.63, 3.8) is 0 Å². The molecule has 0 fully saturated rings. The van der Waals surface area contributed by atoms with E-state index in [0.29, 0.717) is 27.6 Å². The van der Waals surface area contributed by atoms with Gasteiger partial charge in [0.25, 0.3) is 0 Å². The number of hydrogen-bond donors (Lipinski definition) is 0. The second kappa shape index (κ2) is 8.29. The summed E-state index contributed by atoms with van der Waals surface area (Å²) in [6, 6.07) is 9.67.